The molecule has 1 amide bonds. The zero-order valence-electron chi connectivity index (χ0n) is 17.3. The van der Waals surface area contributed by atoms with Crippen LogP contribution in [0.2, 0.25) is 0 Å². The number of carbonyl (C=O) groups is 1. The van der Waals surface area contributed by atoms with E-state index in [2.05, 4.69) is 20.4 Å². The highest BCUT2D eigenvalue weighted by atomic mass is 32.1. The molecule has 1 saturated carbocycles. The monoisotopic (exact) mass is 426 g/mol. The Bertz CT molecular complexity index is 990. The van der Waals surface area contributed by atoms with Gasteiger partial charge in [-0.1, -0.05) is 24.4 Å². The lowest BCUT2D eigenvalue weighted by atomic mass is 9.81. The number of aromatic nitrogens is 3. The van der Waals surface area contributed by atoms with Crippen molar-refractivity contribution in [2.75, 3.05) is 6.61 Å². The van der Waals surface area contributed by atoms with E-state index in [4.69, 9.17) is 9.26 Å². The smallest absolute Gasteiger partial charge is 0.226 e. The molecule has 0 spiro atoms. The molecule has 4 rings (SSSR count). The molecular weight excluding hydrogens is 400 g/mol. The quantitative estimate of drug-likeness (QED) is 0.601. The zero-order chi connectivity index (χ0) is 21.0. The second kappa shape index (κ2) is 8.95. The topological polar surface area (TPSA) is 90.1 Å². The summed E-state index contributed by atoms with van der Waals surface area (Å²) >= 11 is 1.54. The maximum atomic E-state index is 12.9. The molecule has 0 unspecified atom stereocenters. The molecule has 158 valence electrons. The average Bonchev–Trinajstić information content (AvgIpc) is 3.39. The Morgan fingerprint density at radius 3 is 2.63 bits per heavy atom. The molecule has 0 atom stereocenters. The minimum atomic E-state index is -0.541. The number of aryl methyl sites for hydroxylation is 1. The van der Waals surface area contributed by atoms with Crippen molar-refractivity contribution >= 4 is 17.2 Å². The van der Waals surface area contributed by atoms with Crippen molar-refractivity contribution in [3.63, 3.8) is 0 Å². The van der Waals surface area contributed by atoms with E-state index in [0.29, 0.717) is 18.3 Å². The number of benzene rings is 1. The third kappa shape index (κ3) is 4.53. The van der Waals surface area contributed by atoms with E-state index in [1.807, 2.05) is 36.6 Å². The number of amides is 1. The van der Waals surface area contributed by atoms with Crippen molar-refractivity contribution in [3.05, 3.63) is 47.1 Å². The highest BCUT2D eigenvalue weighted by Gasteiger charge is 2.39. The zero-order valence-corrected chi connectivity index (χ0v) is 18.1. The van der Waals surface area contributed by atoms with Gasteiger partial charge in [-0.05, 0) is 44.0 Å². The fraction of sp³-hybridized carbons (Fsp3) is 0.455. The lowest BCUT2D eigenvalue weighted by Crippen LogP contribution is -2.48. The molecule has 1 aromatic carbocycles. The molecule has 30 heavy (non-hydrogen) atoms. The Balaban J connectivity index is 1.44. The van der Waals surface area contributed by atoms with Crippen molar-refractivity contribution in [2.45, 2.75) is 57.9 Å². The van der Waals surface area contributed by atoms with Gasteiger partial charge in [-0.2, -0.15) is 4.98 Å². The van der Waals surface area contributed by atoms with Crippen LogP contribution in [0.1, 0.15) is 56.4 Å². The maximum absolute atomic E-state index is 12.9. The lowest BCUT2D eigenvalue weighted by Gasteiger charge is -2.35. The summed E-state index contributed by atoms with van der Waals surface area (Å²) in [6.45, 7) is 4.37. The molecule has 3 aromatic rings. The summed E-state index contributed by atoms with van der Waals surface area (Å²) in [6.07, 6.45) is 5.11. The molecule has 1 aliphatic rings. The molecule has 7 nitrogen and oxygen atoms in total. The van der Waals surface area contributed by atoms with Gasteiger partial charge < -0.3 is 14.6 Å². The van der Waals surface area contributed by atoms with Gasteiger partial charge in [0.05, 0.1) is 18.7 Å². The molecule has 0 saturated heterocycles. The molecule has 1 fully saturated rings. The minimum Gasteiger partial charge on any atom is -0.494 e. The van der Waals surface area contributed by atoms with Gasteiger partial charge in [0.15, 0.2) is 5.82 Å². The van der Waals surface area contributed by atoms with Crippen LogP contribution in [-0.2, 0) is 16.8 Å². The van der Waals surface area contributed by atoms with E-state index in [9.17, 15) is 4.79 Å². The SMILES string of the molecule is CCOc1ccc(-c2nc(CC(=O)NC3(c4noc(C)n4)CCCCC3)cs2)cc1. The standard InChI is InChI=1S/C22H26N4O3S/c1-3-28-18-9-7-16(8-10-18)20-24-17(14-30-20)13-19(27)25-22(11-5-4-6-12-22)21-23-15(2)29-26-21/h7-10,14H,3-6,11-13H2,1-2H3,(H,25,27). The molecule has 8 heteroatoms. The van der Waals surface area contributed by atoms with Crippen LogP contribution in [0.4, 0.5) is 0 Å². The van der Waals surface area contributed by atoms with E-state index in [1.165, 1.54) is 11.3 Å². The second-order valence-corrected chi connectivity index (χ2v) is 8.46. The first-order valence-electron chi connectivity index (χ1n) is 10.4. The Kier molecular flexibility index (Phi) is 6.13. The first-order valence-corrected chi connectivity index (χ1v) is 11.3. The molecule has 1 aliphatic carbocycles. The number of hydrogen-bond acceptors (Lipinski definition) is 7. The number of hydrogen-bond donors (Lipinski definition) is 1. The Morgan fingerprint density at radius 1 is 1.20 bits per heavy atom. The molecule has 0 aliphatic heterocycles. The van der Waals surface area contributed by atoms with E-state index in [-0.39, 0.29) is 12.3 Å². The van der Waals surface area contributed by atoms with Gasteiger partial charge >= 0.3 is 0 Å². The number of nitrogens with zero attached hydrogens (tertiary/aromatic N) is 3. The van der Waals surface area contributed by atoms with Crippen LogP contribution in [-0.4, -0.2) is 27.6 Å². The van der Waals surface area contributed by atoms with E-state index >= 15 is 0 Å². The number of ether oxygens (including phenoxy) is 1. The second-order valence-electron chi connectivity index (χ2n) is 7.61. The van der Waals surface area contributed by atoms with Crippen LogP contribution in [0, 0.1) is 6.92 Å². The number of carbonyl (C=O) groups excluding carboxylic acids is 1. The first-order chi connectivity index (χ1) is 14.6. The third-order valence-corrected chi connectivity index (χ3v) is 6.29. The molecular formula is C22H26N4O3S. The van der Waals surface area contributed by atoms with Crippen LogP contribution >= 0.6 is 11.3 Å². The fourth-order valence-electron chi connectivity index (χ4n) is 3.91. The van der Waals surface area contributed by atoms with Crippen molar-refractivity contribution in [1.82, 2.24) is 20.4 Å². The van der Waals surface area contributed by atoms with E-state index < -0.39 is 5.54 Å². The predicted molar refractivity (Wildman–Crippen MR) is 114 cm³/mol. The minimum absolute atomic E-state index is 0.0668. The molecule has 2 aromatic heterocycles. The summed E-state index contributed by atoms with van der Waals surface area (Å²) in [7, 11) is 0. The van der Waals surface area contributed by atoms with Gasteiger partial charge in [0.1, 0.15) is 16.3 Å². The Labute approximate surface area is 179 Å². The van der Waals surface area contributed by atoms with Gasteiger partial charge in [-0.25, -0.2) is 4.98 Å². The maximum Gasteiger partial charge on any atom is 0.226 e. The number of nitrogens with one attached hydrogen (secondary N) is 1. The first kappa shape index (κ1) is 20.5. The summed E-state index contributed by atoms with van der Waals surface area (Å²) in [4.78, 5) is 21.9. The summed E-state index contributed by atoms with van der Waals surface area (Å²) < 4.78 is 10.7. The van der Waals surface area contributed by atoms with Gasteiger partial charge in [0.25, 0.3) is 0 Å². The molecule has 1 N–H and O–H groups in total. The van der Waals surface area contributed by atoms with Crippen LogP contribution in [0.25, 0.3) is 10.6 Å². The summed E-state index contributed by atoms with van der Waals surface area (Å²) in [5.41, 5.74) is 1.24. The Morgan fingerprint density at radius 2 is 1.97 bits per heavy atom. The van der Waals surface area contributed by atoms with Gasteiger partial charge in [0, 0.05) is 17.9 Å². The van der Waals surface area contributed by atoms with Crippen LogP contribution in [0.3, 0.4) is 0 Å². The fourth-order valence-corrected chi connectivity index (χ4v) is 4.74. The molecule has 0 radical (unpaired) electrons. The highest BCUT2D eigenvalue weighted by molar-refractivity contribution is 7.13. The lowest BCUT2D eigenvalue weighted by molar-refractivity contribution is -0.123. The van der Waals surface area contributed by atoms with Crippen molar-refractivity contribution in [1.29, 1.82) is 0 Å². The van der Waals surface area contributed by atoms with Crippen LogP contribution in [0.15, 0.2) is 34.2 Å². The summed E-state index contributed by atoms with van der Waals surface area (Å²) in [6, 6.07) is 7.85. The van der Waals surface area contributed by atoms with Crippen LogP contribution < -0.4 is 10.1 Å². The highest BCUT2D eigenvalue weighted by Crippen LogP contribution is 2.36. The average molecular weight is 427 g/mol. The molecule has 0 bridgehead atoms. The van der Waals surface area contributed by atoms with Crippen molar-refractivity contribution in [2.24, 2.45) is 0 Å². The predicted octanol–water partition coefficient (Wildman–Crippen LogP) is 4.42. The Hall–Kier alpha value is -2.74. The third-order valence-electron chi connectivity index (χ3n) is 5.35. The van der Waals surface area contributed by atoms with Gasteiger partial charge in [-0.3, -0.25) is 4.79 Å². The van der Waals surface area contributed by atoms with Gasteiger partial charge in [0.2, 0.25) is 11.8 Å². The van der Waals surface area contributed by atoms with E-state index in [0.717, 1.165) is 54.1 Å². The summed E-state index contributed by atoms with van der Waals surface area (Å²) in [5, 5.41) is 10.1. The van der Waals surface area contributed by atoms with Gasteiger partial charge in [-0.15, -0.1) is 11.3 Å². The van der Waals surface area contributed by atoms with E-state index in [1.54, 1.807) is 6.92 Å². The van der Waals surface area contributed by atoms with Crippen molar-refractivity contribution < 1.29 is 14.1 Å². The van der Waals surface area contributed by atoms with Crippen LogP contribution in [0.5, 0.6) is 5.75 Å². The number of rotatable bonds is 7. The largest absolute Gasteiger partial charge is 0.494 e. The number of thiazole rings is 1. The summed E-state index contributed by atoms with van der Waals surface area (Å²) in [5.74, 6) is 1.87. The molecule has 2 heterocycles. The normalized spacial score (nSPS) is 15.7. The van der Waals surface area contributed by atoms with Crippen molar-refractivity contribution in [3.8, 4) is 16.3 Å².